The average Bonchev–Trinajstić information content (AvgIpc) is 2.93. The van der Waals surface area contributed by atoms with E-state index >= 15 is 0 Å². The van der Waals surface area contributed by atoms with E-state index in [0.717, 1.165) is 25.0 Å². The van der Waals surface area contributed by atoms with Gasteiger partial charge in [0, 0.05) is 31.4 Å². The first-order chi connectivity index (χ1) is 9.54. The van der Waals surface area contributed by atoms with Gasteiger partial charge in [0.1, 0.15) is 0 Å². The van der Waals surface area contributed by atoms with Crippen molar-refractivity contribution in [2.24, 2.45) is 11.7 Å². The maximum absolute atomic E-state index is 12.4. The molecule has 1 aliphatic carbocycles. The van der Waals surface area contributed by atoms with E-state index in [0.29, 0.717) is 18.9 Å². The third-order valence-electron chi connectivity index (χ3n) is 4.17. The Morgan fingerprint density at radius 2 is 2.20 bits per heavy atom. The van der Waals surface area contributed by atoms with E-state index in [1.165, 1.54) is 0 Å². The molecule has 0 spiro atoms. The topological polar surface area (TPSA) is 76.3 Å². The minimum absolute atomic E-state index is 0.0636. The van der Waals surface area contributed by atoms with Crippen LogP contribution in [-0.4, -0.2) is 43.1 Å². The summed E-state index contributed by atoms with van der Waals surface area (Å²) in [5.41, 5.74) is 6.55. The summed E-state index contributed by atoms with van der Waals surface area (Å²) in [6, 6.07) is 5.62. The van der Waals surface area contributed by atoms with Gasteiger partial charge in [0.05, 0.1) is 5.75 Å². The van der Waals surface area contributed by atoms with Crippen LogP contribution in [0.4, 0.5) is 0 Å². The molecule has 112 valence electrons. The summed E-state index contributed by atoms with van der Waals surface area (Å²) in [7, 11) is -1.56. The maximum atomic E-state index is 12.4. The number of hydrogen-bond donors (Lipinski definition) is 1. The standard InChI is InChI=1S/C14H23N3O2S/c1-17(14-7-4-5-12(14)11-15)20(18,19)10-8-13-6-2-3-9-16-13/h2-3,6,9,12,14H,4-5,7-8,10-11,15H2,1H3. The third kappa shape index (κ3) is 3.56. The van der Waals surface area contributed by atoms with Crippen molar-refractivity contribution in [3.8, 4) is 0 Å². The first-order valence-electron chi connectivity index (χ1n) is 7.10. The van der Waals surface area contributed by atoms with Gasteiger partial charge < -0.3 is 5.73 Å². The van der Waals surface area contributed by atoms with Gasteiger partial charge in [-0.2, -0.15) is 0 Å². The summed E-state index contributed by atoms with van der Waals surface area (Å²) in [6.45, 7) is 0.560. The molecule has 1 aromatic rings. The summed E-state index contributed by atoms with van der Waals surface area (Å²) >= 11 is 0. The zero-order valence-corrected chi connectivity index (χ0v) is 12.7. The molecule has 0 bridgehead atoms. The zero-order chi connectivity index (χ0) is 14.6. The van der Waals surface area contributed by atoms with Crippen LogP contribution in [0.25, 0.3) is 0 Å². The Morgan fingerprint density at radius 1 is 1.40 bits per heavy atom. The molecule has 2 N–H and O–H groups in total. The van der Waals surface area contributed by atoms with Crippen molar-refractivity contribution in [1.82, 2.24) is 9.29 Å². The Labute approximate surface area is 121 Å². The molecule has 0 saturated heterocycles. The summed E-state index contributed by atoms with van der Waals surface area (Å²) in [4.78, 5) is 4.17. The van der Waals surface area contributed by atoms with Gasteiger partial charge in [-0.3, -0.25) is 4.98 Å². The second-order valence-electron chi connectivity index (χ2n) is 5.40. The number of sulfonamides is 1. The smallest absolute Gasteiger partial charge is 0.214 e. The number of nitrogens with zero attached hydrogens (tertiary/aromatic N) is 2. The van der Waals surface area contributed by atoms with Crippen LogP contribution in [-0.2, 0) is 16.4 Å². The fourth-order valence-electron chi connectivity index (χ4n) is 2.90. The first-order valence-corrected chi connectivity index (χ1v) is 8.71. The molecular formula is C14H23N3O2S. The highest BCUT2D eigenvalue weighted by molar-refractivity contribution is 7.89. The number of hydrogen-bond acceptors (Lipinski definition) is 4. The van der Waals surface area contributed by atoms with Gasteiger partial charge in [-0.05, 0) is 37.4 Å². The van der Waals surface area contributed by atoms with Crippen LogP contribution < -0.4 is 5.73 Å². The highest BCUT2D eigenvalue weighted by atomic mass is 32.2. The minimum atomic E-state index is -3.25. The Hall–Kier alpha value is -0.980. The lowest BCUT2D eigenvalue weighted by atomic mass is 10.0. The van der Waals surface area contributed by atoms with Gasteiger partial charge in [-0.25, -0.2) is 12.7 Å². The summed E-state index contributed by atoms with van der Waals surface area (Å²) in [5.74, 6) is 0.401. The highest BCUT2D eigenvalue weighted by Crippen LogP contribution is 2.30. The van der Waals surface area contributed by atoms with Crippen LogP contribution in [0.5, 0.6) is 0 Å². The first kappa shape index (κ1) is 15.4. The molecule has 0 aliphatic heterocycles. The van der Waals surface area contributed by atoms with Crippen molar-refractivity contribution in [2.75, 3.05) is 19.3 Å². The van der Waals surface area contributed by atoms with E-state index in [2.05, 4.69) is 4.98 Å². The molecule has 5 nitrogen and oxygen atoms in total. The molecule has 1 aliphatic rings. The van der Waals surface area contributed by atoms with Crippen LogP contribution in [0.15, 0.2) is 24.4 Å². The second kappa shape index (κ2) is 6.65. The molecule has 2 unspecified atom stereocenters. The Kier molecular flexibility index (Phi) is 5.12. The molecule has 2 rings (SSSR count). The molecule has 6 heteroatoms. The third-order valence-corrected chi connectivity index (χ3v) is 6.04. The van der Waals surface area contributed by atoms with E-state index < -0.39 is 10.0 Å². The molecule has 1 fully saturated rings. The molecule has 0 aromatic carbocycles. The Balaban J connectivity index is 1.99. The second-order valence-corrected chi connectivity index (χ2v) is 7.55. The van der Waals surface area contributed by atoms with Crippen molar-refractivity contribution in [2.45, 2.75) is 31.7 Å². The molecule has 2 atom stereocenters. The highest BCUT2D eigenvalue weighted by Gasteiger charge is 2.34. The van der Waals surface area contributed by atoms with Gasteiger partial charge in [-0.15, -0.1) is 0 Å². The zero-order valence-electron chi connectivity index (χ0n) is 11.9. The fraction of sp³-hybridized carbons (Fsp3) is 0.643. The quantitative estimate of drug-likeness (QED) is 0.850. The normalized spacial score (nSPS) is 23.4. The molecule has 0 radical (unpaired) electrons. The lowest BCUT2D eigenvalue weighted by Crippen LogP contribution is -2.42. The van der Waals surface area contributed by atoms with Gasteiger partial charge in [0.15, 0.2) is 0 Å². The maximum Gasteiger partial charge on any atom is 0.214 e. The van der Waals surface area contributed by atoms with E-state index in [-0.39, 0.29) is 11.8 Å². The van der Waals surface area contributed by atoms with Gasteiger partial charge in [-0.1, -0.05) is 12.5 Å². The molecule has 1 saturated carbocycles. The molecule has 0 amide bonds. The SMILES string of the molecule is CN(C1CCCC1CN)S(=O)(=O)CCc1ccccn1. The number of nitrogens with two attached hydrogens (primary N) is 1. The lowest BCUT2D eigenvalue weighted by Gasteiger charge is -2.28. The molecule has 20 heavy (non-hydrogen) atoms. The number of aromatic nitrogens is 1. The number of pyridine rings is 1. The predicted molar refractivity (Wildman–Crippen MR) is 79.7 cm³/mol. The van der Waals surface area contributed by atoms with Crippen LogP contribution in [0.3, 0.4) is 0 Å². The van der Waals surface area contributed by atoms with Gasteiger partial charge >= 0.3 is 0 Å². The predicted octanol–water partition coefficient (Wildman–Crippen LogP) is 1.01. The molecule has 1 aromatic heterocycles. The summed E-state index contributed by atoms with van der Waals surface area (Å²) in [5, 5.41) is 0. The van der Waals surface area contributed by atoms with Crippen LogP contribution in [0.1, 0.15) is 25.0 Å². The van der Waals surface area contributed by atoms with Crippen LogP contribution in [0.2, 0.25) is 0 Å². The lowest BCUT2D eigenvalue weighted by molar-refractivity contribution is 0.304. The van der Waals surface area contributed by atoms with Crippen molar-refractivity contribution in [3.63, 3.8) is 0 Å². The minimum Gasteiger partial charge on any atom is -0.330 e. The van der Waals surface area contributed by atoms with Crippen LogP contribution in [0, 0.1) is 5.92 Å². The average molecular weight is 297 g/mol. The summed E-state index contributed by atoms with van der Waals surface area (Å²) in [6.07, 6.45) is 5.15. The van der Waals surface area contributed by atoms with E-state index in [4.69, 9.17) is 5.73 Å². The Bertz CT molecular complexity index is 518. The van der Waals surface area contributed by atoms with E-state index in [9.17, 15) is 8.42 Å². The van der Waals surface area contributed by atoms with Crippen molar-refractivity contribution < 1.29 is 8.42 Å². The number of rotatable bonds is 6. The van der Waals surface area contributed by atoms with E-state index in [1.807, 2.05) is 18.2 Å². The fourth-order valence-corrected chi connectivity index (χ4v) is 4.35. The molecular weight excluding hydrogens is 274 g/mol. The van der Waals surface area contributed by atoms with Crippen molar-refractivity contribution >= 4 is 10.0 Å². The van der Waals surface area contributed by atoms with Crippen molar-refractivity contribution in [1.29, 1.82) is 0 Å². The number of aryl methyl sites for hydroxylation is 1. The van der Waals surface area contributed by atoms with Gasteiger partial charge in [0.2, 0.25) is 10.0 Å². The van der Waals surface area contributed by atoms with Crippen LogP contribution >= 0.6 is 0 Å². The summed E-state index contributed by atoms with van der Waals surface area (Å²) < 4.78 is 26.4. The monoisotopic (exact) mass is 297 g/mol. The Morgan fingerprint density at radius 3 is 2.85 bits per heavy atom. The largest absolute Gasteiger partial charge is 0.330 e. The van der Waals surface area contributed by atoms with Crippen molar-refractivity contribution in [3.05, 3.63) is 30.1 Å². The van der Waals surface area contributed by atoms with E-state index in [1.54, 1.807) is 17.5 Å². The van der Waals surface area contributed by atoms with Gasteiger partial charge in [0.25, 0.3) is 0 Å². The molecule has 1 heterocycles.